The van der Waals surface area contributed by atoms with E-state index in [9.17, 15) is 19.0 Å². The molecule has 0 aromatic heterocycles. The maximum absolute atomic E-state index is 12.4. The van der Waals surface area contributed by atoms with Crippen LogP contribution in [0.2, 0.25) is 0 Å². The van der Waals surface area contributed by atoms with Crippen LogP contribution in [0.5, 0.6) is 0 Å². The van der Waals surface area contributed by atoms with Crippen molar-refractivity contribution in [1.82, 2.24) is 0 Å². The summed E-state index contributed by atoms with van der Waals surface area (Å²) >= 11 is 0. The van der Waals surface area contributed by atoms with Crippen LogP contribution in [-0.4, -0.2) is 49.3 Å². The highest BCUT2D eigenvalue weighted by Gasteiger charge is 2.25. The van der Waals surface area contributed by atoms with Gasteiger partial charge in [0, 0.05) is 19.4 Å². The number of phosphoric ester groups is 1. The van der Waals surface area contributed by atoms with E-state index in [1.165, 1.54) is 38.5 Å². The monoisotopic (exact) mass is 645 g/mol. The number of esters is 2. The molecule has 0 saturated heterocycles. The minimum absolute atomic E-state index is 0.0514. The number of hydrogen-bond donors (Lipinski definition) is 2. The number of phosphoric acid groups is 1. The van der Waals surface area contributed by atoms with Crippen molar-refractivity contribution >= 4 is 19.8 Å². The summed E-state index contributed by atoms with van der Waals surface area (Å²) in [5.74, 6) is -0.854. The molecular formula is C34H64NO8P. The zero-order valence-electron chi connectivity index (χ0n) is 27.9. The number of nitrogens with two attached hydrogens (primary N) is 1. The van der Waals surface area contributed by atoms with Gasteiger partial charge in [-0.2, -0.15) is 0 Å². The van der Waals surface area contributed by atoms with Crippen LogP contribution < -0.4 is 5.73 Å². The van der Waals surface area contributed by atoms with Crippen molar-refractivity contribution in [2.75, 3.05) is 26.4 Å². The van der Waals surface area contributed by atoms with Crippen molar-refractivity contribution in [1.29, 1.82) is 0 Å². The molecule has 0 aromatic carbocycles. The van der Waals surface area contributed by atoms with Crippen LogP contribution in [0.25, 0.3) is 0 Å². The van der Waals surface area contributed by atoms with E-state index in [1.54, 1.807) is 0 Å². The Kier molecular flexibility index (Phi) is 30.4. The highest BCUT2D eigenvalue weighted by atomic mass is 31.2. The SMILES string of the molecule is CCCC/C=C/CCCCCCCC(=O)O[C@H](COC(=O)CCCCCCC/C=C/CCCCC)COP(=O)(O)OCCN. The number of carbonyl (C=O) groups excluding carboxylic acids is 2. The zero-order valence-corrected chi connectivity index (χ0v) is 28.8. The van der Waals surface area contributed by atoms with E-state index in [1.807, 2.05) is 0 Å². The first-order chi connectivity index (χ1) is 21.3. The number of hydrogen-bond acceptors (Lipinski definition) is 8. The molecule has 0 heterocycles. The summed E-state index contributed by atoms with van der Waals surface area (Å²) in [5, 5.41) is 0. The Morgan fingerprint density at radius 3 is 1.68 bits per heavy atom. The first kappa shape index (κ1) is 42.5. The van der Waals surface area contributed by atoms with E-state index < -0.39 is 32.5 Å². The summed E-state index contributed by atoms with van der Waals surface area (Å²) in [5.41, 5.74) is 5.31. The fourth-order valence-electron chi connectivity index (χ4n) is 4.43. The lowest BCUT2D eigenvalue weighted by molar-refractivity contribution is -0.161. The summed E-state index contributed by atoms with van der Waals surface area (Å²) in [6.45, 7) is 3.62. The van der Waals surface area contributed by atoms with Gasteiger partial charge in [0.2, 0.25) is 0 Å². The topological polar surface area (TPSA) is 134 Å². The summed E-state index contributed by atoms with van der Waals surface area (Å²) in [7, 11) is -4.37. The van der Waals surface area contributed by atoms with Crippen LogP contribution in [0.3, 0.4) is 0 Å². The van der Waals surface area contributed by atoms with Crippen molar-refractivity contribution in [3.63, 3.8) is 0 Å². The number of carbonyl (C=O) groups is 2. The summed E-state index contributed by atoms with van der Waals surface area (Å²) in [4.78, 5) is 34.5. The third-order valence-electron chi connectivity index (χ3n) is 7.06. The Morgan fingerprint density at radius 2 is 1.14 bits per heavy atom. The van der Waals surface area contributed by atoms with Crippen LogP contribution >= 0.6 is 7.82 Å². The van der Waals surface area contributed by atoms with Gasteiger partial charge in [-0.1, -0.05) is 102 Å². The minimum atomic E-state index is -4.37. The number of ether oxygens (including phenoxy) is 2. The molecule has 0 aliphatic carbocycles. The van der Waals surface area contributed by atoms with Gasteiger partial charge in [-0.3, -0.25) is 18.6 Å². The zero-order chi connectivity index (χ0) is 32.6. The Morgan fingerprint density at radius 1 is 0.659 bits per heavy atom. The largest absolute Gasteiger partial charge is 0.472 e. The van der Waals surface area contributed by atoms with E-state index in [-0.39, 0.29) is 32.6 Å². The van der Waals surface area contributed by atoms with E-state index in [2.05, 4.69) is 38.2 Å². The quantitative estimate of drug-likeness (QED) is 0.0318. The Hall–Kier alpha value is -1.51. The maximum atomic E-state index is 12.4. The fraction of sp³-hybridized carbons (Fsp3) is 0.824. The first-order valence-electron chi connectivity index (χ1n) is 17.3. The van der Waals surface area contributed by atoms with Gasteiger partial charge in [-0.25, -0.2) is 4.57 Å². The van der Waals surface area contributed by atoms with Crippen molar-refractivity contribution in [2.24, 2.45) is 5.73 Å². The molecule has 0 amide bonds. The molecule has 1 unspecified atom stereocenters. The number of unbranched alkanes of at least 4 members (excludes halogenated alkanes) is 15. The Labute approximate surface area is 268 Å². The van der Waals surface area contributed by atoms with E-state index in [0.29, 0.717) is 6.42 Å². The smallest absolute Gasteiger partial charge is 0.462 e. The molecule has 0 aromatic rings. The lowest BCUT2D eigenvalue weighted by atomic mass is 10.1. The summed E-state index contributed by atoms with van der Waals surface area (Å²) in [6, 6.07) is 0. The molecule has 2 atom stereocenters. The highest BCUT2D eigenvalue weighted by Crippen LogP contribution is 2.43. The van der Waals surface area contributed by atoms with Crippen LogP contribution in [0, 0.1) is 0 Å². The lowest BCUT2D eigenvalue weighted by Gasteiger charge is -2.19. The Balaban J connectivity index is 4.30. The van der Waals surface area contributed by atoms with Crippen molar-refractivity contribution in [3.05, 3.63) is 24.3 Å². The molecule has 0 rings (SSSR count). The first-order valence-corrected chi connectivity index (χ1v) is 18.8. The van der Waals surface area contributed by atoms with Gasteiger partial charge in [0.25, 0.3) is 0 Å². The van der Waals surface area contributed by atoms with Gasteiger partial charge in [0.05, 0.1) is 13.2 Å². The maximum Gasteiger partial charge on any atom is 0.472 e. The Bertz CT molecular complexity index is 789. The summed E-state index contributed by atoms with van der Waals surface area (Å²) in [6.07, 6.45) is 29.2. The molecule has 9 nitrogen and oxygen atoms in total. The third kappa shape index (κ3) is 30.5. The molecule has 0 aliphatic heterocycles. The predicted molar refractivity (Wildman–Crippen MR) is 178 cm³/mol. The average molecular weight is 646 g/mol. The van der Waals surface area contributed by atoms with Crippen LogP contribution in [0.15, 0.2) is 24.3 Å². The minimum Gasteiger partial charge on any atom is -0.462 e. The third-order valence-corrected chi connectivity index (χ3v) is 8.04. The van der Waals surface area contributed by atoms with E-state index in [0.717, 1.165) is 77.0 Å². The normalized spacial score (nSPS) is 13.8. The van der Waals surface area contributed by atoms with Gasteiger partial charge in [-0.05, 0) is 57.8 Å². The van der Waals surface area contributed by atoms with Crippen molar-refractivity contribution in [2.45, 2.75) is 155 Å². The molecule has 0 saturated carbocycles. The highest BCUT2D eigenvalue weighted by molar-refractivity contribution is 7.47. The molecule has 0 bridgehead atoms. The second kappa shape index (κ2) is 31.5. The van der Waals surface area contributed by atoms with Crippen molar-refractivity contribution in [3.8, 4) is 0 Å². The van der Waals surface area contributed by atoms with Gasteiger partial charge in [0.1, 0.15) is 6.61 Å². The molecule has 10 heteroatoms. The molecule has 0 spiro atoms. The molecule has 0 aliphatic rings. The molecule has 0 fully saturated rings. The molecular weight excluding hydrogens is 581 g/mol. The molecule has 258 valence electrons. The standard InChI is InChI=1S/C34H64NO8P/c1-3-5-7-9-11-13-15-17-18-20-22-24-26-33(36)40-30-32(31-42-44(38,39)41-29-28-35)43-34(37)27-25-23-21-19-16-14-12-10-8-6-4-2/h10-13,32H,3-9,14-31,35H2,1-2H3,(H,38,39)/b12-10+,13-11+/t32-/m1/s1. The summed E-state index contributed by atoms with van der Waals surface area (Å²) < 4.78 is 32.5. The van der Waals surface area contributed by atoms with Gasteiger partial charge < -0.3 is 20.1 Å². The van der Waals surface area contributed by atoms with Crippen LogP contribution in [0.4, 0.5) is 0 Å². The number of allylic oxidation sites excluding steroid dienone is 4. The number of rotatable bonds is 32. The van der Waals surface area contributed by atoms with Crippen LogP contribution in [-0.2, 0) is 32.7 Å². The average Bonchev–Trinajstić information content (AvgIpc) is 3.00. The van der Waals surface area contributed by atoms with Gasteiger partial charge >= 0.3 is 19.8 Å². The second-order valence-corrected chi connectivity index (χ2v) is 12.8. The van der Waals surface area contributed by atoms with Gasteiger partial charge in [-0.15, -0.1) is 0 Å². The lowest BCUT2D eigenvalue weighted by Crippen LogP contribution is -2.29. The molecule has 0 radical (unpaired) electrons. The van der Waals surface area contributed by atoms with Gasteiger partial charge in [0.15, 0.2) is 6.10 Å². The second-order valence-electron chi connectivity index (χ2n) is 11.4. The molecule has 44 heavy (non-hydrogen) atoms. The van der Waals surface area contributed by atoms with Crippen molar-refractivity contribution < 1.29 is 37.6 Å². The predicted octanol–water partition coefficient (Wildman–Crippen LogP) is 8.88. The molecule has 3 N–H and O–H groups in total. The fourth-order valence-corrected chi connectivity index (χ4v) is 5.20. The van der Waals surface area contributed by atoms with E-state index >= 15 is 0 Å². The van der Waals surface area contributed by atoms with E-state index in [4.69, 9.17) is 24.3 Å². The van der Waals surface area contributed by atoms with Crippen LogP contribution in [0.1, 0.15) is 149 Å².